The summed E-state index contributed by atoms with van der Waals surface area (Å²) >= 11 is 0. The molecule has 2 N–H and O–H groups in total. The van der Waals surface area contributed by atoms with Crippen LogP contribution in [0.15, 0.2) is 72.8 Å². The van der Waals surface area contributed by atoms with E-state index in [1.54, 1.807) is 12.1 Å². The van der Waals surface area contributed by atoms with Crippen molar-refractivity contribution in [1.29, 1.82) is 10.8 Å². The highest BCUT2D eigenvalue weighted by atomic mass is 16.5. The Bertz CT molecular complexity index is 954. The average Bonchev–Trinajstić information content (AvgIpc) is 2.61. The topological polar surface area (TPSA) is 66.2 Å². The monoisotopic (exact) mass is 360 g/mol. The van der Waals surface area contributed by atoms with Crippen LogP contribution >= 0.6 is 0 Å². The second-order valence-electron chi connectivity index (χ2n) is 7.52. The van der Waals surface area contributed by atoms with E-state index in [1.807, 2.05) is 81.4 Å². The van der Waals surface area contributed by atoms with Gasteiger partial charge in [0.2, 0.25) is 0 Å². The van der Waals surface area contributed by atoms with Crippen molar-refractivity contribution in [3.8, 4) is 11.5 Å². The van der Waals surface area contributed by atoms with Crippen LogP contribution in [0.5, 0.6) is 11.5 Å². The molecule has 0 spiro atoms. The van der Waals surface area contributed by atoms with Crippen LogP contribution in [-0.2, 0) is 0 Å². The first-order valence-corrected chi connectivity index (χ1v) is 8.91. The van der Waals surface area contributed by atoms with Crippen molar-refractivity contribution >= 4 is 22.6 Å². The van der Waals surface area contributed by atoms with Gasteiger partial charge in [-0.1, -0.05) is 75.4 Å². The molecule has 1 unspecified atom stereocenters. The highest BCUT2D eigenvalue weighted by Crippen LogP contribution is 2.32. The molecule has 3 rings (SSSR count). The van der Waals surface area contributed by atoms with Crippen molar-refractivity contribution in [2.75, 3.05) is 0 Å². The summed E-state index contributed by atoms with van der Waals surface area (Å²) in [6, 6.07) is 22.8. The maximum Gasteiger partial charge on any atom is 0.200 e. The van der Waals surface area contributed by atoms with E-state index in [1.165, 1.54) is 0 Å². The molecule has 3 aromatic rings. The van der Waals surface area contributed by atoms with Crippen LogP contribution in [-0.4, -0.2) is 11.8 Å². The van der Waals surface area contributed by atoms with E-state index in [4.69, 9.17) is 20.3 Å². The second kappa shape index (κ2) is 7.62. The molecule has 4 nitrogen and oxygen atoms in total. The first-order chi connectivity index (χ1) is 12.9. The Kier molecular flexibility index (Phi) is 5.26. The van der Waals surface area contributed by atoms with E-state index in [2.05, 4.69) is 0 Å². The van der Waals surface area contributed by atoms with E-state index in [9.17, 15) is 0 Å². The zero-order valence-electron chi connectivity index (χ0n) is 15.8. The molecule has 27 heavy (non-hydrogen) atoms. The summed E-state index contributed by atoms with van der Waals surface area (Å²) in [6.07, 6.45) is 0. The lowest BCUT2D eigenvalue weighted by Crippen LogP contribution is -2.40. The number of hydrogen-bond donors (Lipinski definition) is 2. The van der Waals surface area contributed by atoms with Crippen molar-refractivity contribution < 1.29 is 9.47 Å². The number of fused-ring (bicyclic) bond motifs is 1. The van der Waals surface area contributed by atoms with Gasteiger partial charge >= 0.3 is 0 Å². The smallest absolute Gasteiger partial charge is 0.200 e. The molecule has 0 amide bonds. The lowest BCUT2D eigenvalue weighted by molar-refractivity contribution is 0.313. The Labute approximate surface area is 159 Å². The molecule has 0 bridgehead atoms. The van der Waals surface area contributed by atoms with Gasteiger partial charge in [-0.05, 0) is 29.0 Å². The quantitative estimate of drug-likeness (QED) is 0.448. The lowest BCUT2D eigenvalue weighted by atomic mass is 9.80. The molecular formula is C23H24N2O2. The number of rotatable bonds is 4. The van der Waals surface area contributed by atoms with Gasteiger partial charge in [0, 0.05) is 5.39 Å². The molecule has 1 atom stereocenters. The van der Waals surface area contributed by atoms with E-state index in [-0.39, 0.29) is 11.8 Å². The predicted octanol–water partition coefficient (Wildman–Crippen LogP) is 5.91. The fourth-order valence-electron chi connectivity index (χ4n) is 3.04. The van der Waals surface area contributed by atoms with Crippen LogP contribution in [0.25, 0.3) is 10.8 Å². The Morgan fingerprint density at radius 2 is 1.33 bits per heavy atom. The Morgan fingerprint density at radius 1 is 0.741 bits per heavy atom. The number of nitrogens with one attached hydrogen (secondary N) is 2. The van der Waals surface area contributed by atoms with Crippen molar-refractivity contribution in [1.82, 2.24) is 0 Å². The highest BCUT2D eigenvalue weighted by molar-refractivity contribution is 6.01. The van der Waals surface area contributed by atoms with Crippen molar-refractivity contribution in [2.24, 2.45) is 11.3 Å². The molecule has 138 valence electrons. The van der Waals surface area contributed by atoms with Crippen molar-refractivity contribution in [3.05, 3.63) is 72.8 Å². The fourth-order valence-corrected chi connectivity index (χ4v) is 3.04. The number of hydrogen-bond acceptors (Lipinski definition) is 4. The summed E-state index contributed by atoms with van der Waals surface area (Å²) in [7, 11) is 0. The third kappa shape index (κ3) is 4.34. The molecule has 0 aromatic heterocycles. The van der Waals surface area contributed by atoms with Gasteiger partial charge in [-0.15, -0.1) is 0 Å². The van der Waals surface area contributed by atoms with Gasteiger partial charge in [-0.2, -0.15) is 0 Å². The predicted molar refractivity (Wildman–Crippen MR) is 110 cm³/mol. The van der Waals surface area contributed by atoms with Crippen LogP contribution < -0.4 is 9.47 Å². The fraction of sp³-hybridized carbons (Fsp3) is 0.217. The summed E-state index contributed by atoms with van der Waals surface area (Å²) < 4.78 is 11.6. The van der Waals surface area contributed by atoms with Gasteiger partial charge in [0.1, 0.15) is 17.4 Å². The molecule has 0 heterocycles. The van der Waals surface area contributed by atoms with Crippen LogP contribution in [0.1, 0.15) is 20.8 Å². The first kappa shape index (κ1) is 18.6. The number of benzene rings is 3. The Morgan fingerprint density at radius 3 is 2.04 bits per heavy atom. The number of para-hydroxylation sites is 1. The Hall–Kier alpha value is -3.14. The summed E-state index contributed by atoms with van der Waals surface area (Å²) in [6.45, 7) is 5.92. The first-order valence-electron chi connectivity index (χ1n) is 8.91. The van der Waals surface area contributed by atoms with Gasteiger partial charge in [-0.3, -0.25) is 10.8 Å². The van der Waals surface area contributed by atoms with Crippen LogP contribution in [0.4, 0.5) is 0 Å². The van der Waals surface area contributed by atoms with Crippen LogP contribution in [0, 0.1) is 22.2 Å². The minimum absolute atomic E-state index is 0.000200. The summed E-state index contributed by atoms with van der Waals surface area (Å²) in [4.78, 5) is 0. The molecule has 4 heteroatoms. The zero-order valence-corrected chi connectivity index (χ0v) is 15.8. The maximum atomic E-state index is 8.57. The minimum Gasteiger partial charge on any atom is -0.443 e. The van der Waals surface area contributed by atoms with Gasteiger partial charge in [0.05, 0.1) is 0 Å². The SMILES string of the molecule is CC(C)(C)C(C(=N)Oc1ccccc1)C(=N)Oc1cccc2ccccc12. The normalized spacial score (nSPS) is 12.4. The van der Waals surface area contributed by atoms with E-state index < -0.39 is 11.3 Å². The summed E-state index contributed by atoms with van der Waals surface area (Å²) in [5.41, 5.74) is -0.409. The summed E-state index contributed by atoms with van der Waals surface area (Å²) in [5.74, 6) is 0.574. The standard InChI is InChI=1S/C23H24N2O2/c1-23(2,3)20(21(24)26-17-12-5-4-6-13-17)22(25)27-19-15-9-11-16-10-7-8-14-18(16)19/h4-15,20,24-25H,1-3H3. The number of ether oxygens (including phenoxy) is 2. The van der Waals surface area contributed by atoms with Crippen LogP contribution in [0.3, 0.4) is 0 Å². The van der Waals surface area contributed by atoms with Crippen molar-refractivity contribution in [2.45, 2.75) is 20.8 Å². The molecule has 0 aliphatic heterocycles. The van der Waals surface area contributed by atoms with Crippen LogP contribution in [0.2, 0.25) is 0 Å². The van der Waals surface area contributed by atoms with Gasteiger partial charge in [0.15, 0.2) is 11.8 Å². The molecule has 0 aliphatic carbocycles. The third-order valence-corrected chi connectivity index (χ3v) is 4.33. The summed E-state index contributed by atoms with van der Waals surface area (Å²) in [5, 5.41) is 19.0. The van der Waals surface area contributed by atoms with E-state index in [0.29, 0.717) is 11.5 Å². The Balaban J connectivity index is 1.86. The molecule has 0 fully saturated rings. The average molecular weight is 360 g/mol. The second-order valence-corrected chi connectivity index (χ2v) is 7.52. The van der Waals surface area contributed by atoms with E-state index in [0.717, 1.165) is 10.8 Å². The van der Waals surface area contributed by atoms with E-state index >= 15 is 0 Å². The molecule has 0 radical (unpaired) electrons. The minimum atomic E-state index is -0.614. The van der Waals surface area contributed by atoms with Gasteiger partial charge in [0.25, 0.3) is 0 Å². The largest absolute Gasteiger partial charge is 0.443 e. The maximum absolute atomic E-state index is 8.57. The molecule has 3 aromatic carbocycles. The van der Waals surface area contributed by atoms with Gasteiger partial charge < -0.3 is 9.47 Å². The lowest BCUT2D eigenvalue weighted by Gasteiger charge is -2.30. The zero-order chi connectivity index (χ0) is 19.4. The molecule has 0 aliphatic rings. The van der Waals surface area contributed by atoms with Crippen molar-refractivity contribution in [3.63, 3.8) is 0 Å². The molecule has 0 saturated carbocycles. The van der Waals surface area contributed by atoms with Gasteiger partial charge in [-0.25, -0.2) is 0 Å². The molecular weight excluding hydrogens is 336 g/mol. The highest BCUT2D eigenvalue weighted by Gasteiger charge is 2.36. The third-order valence-electron chi connectivity index (χ3n) is 4.33. The molecule has 0 saturated heterocycles.